The van der Waals surface area contributed by atoms with Crippen molar-refractivity contribution < 1.29 is 39.9 Å². The molecular formula is C43H57ClN2O8S2. The lowest BCUT2D eigenvalue weighted by Gasteiger charge is -2.43. The topological polar surface area (TPSA) is 160 Å². The molecular weight excluding hydrogens is 772 g/mol. The first-order valence-electron chi connectivity index (χ1n) is 19.5. The van der Waals surface area contributed by atoms with Gasteiger partial charge in [0.05, 0.1) is 23.7 Å². The Morgan fingerprint density at radius 3 is 2.43 bits per heavy atom. The molecule has 10 nitrogen and oxygen atoms in total. The van der Waals surface area contributed by atoms with Gasteiger partial charge in [-0.25, -0.2) is 0 Å². The largest absolute Gasteiger partial charge is 0.459 e. The van der Waals surface area contributed by atoms with E-state index in [9.17, 15) is 35.1 Å². The van der Waals surface area contributed by atoms with E-state index in [1.54, 1.807) is 43.9 Å². The van der Waals surface area contributed by atoms with Gasteiger partial charge in [-0.3, -0.25) is 14.5 Å². The molecule has 10 atom stereocenters. The van der Waals surface area contributed by atoms with Crippen LogP contribution in [0.2, 0.25) is 5.02 Å². The molecule has 0 spiro atoms. The van der Waals surface area contributed by atoms with Crippen molar-refractivity contribution in [1.82, 2.24) is 10.2 Å². The Balaban J connectivity index is 1.29. The Kier molecular flexibility index (Phi) is 14.6. The molecule has 2 aromatic carbocycles. The lowest BCUT2D eigenvalue weighted by molar-refractivity contribution is -0.193. The Morgan fingerprint density at radius 1 is 1.00 bits per heavy atom. The summed E-state index contributed by atoms with van der Waals surface area (Å²) in [6, 6.07) is 15.7. The summed E-state index contributed by atoms with van der Waals surface area (Å²) in [5.74, 6) is -3.15. The van der Waals surface area contributed by atoms with Gasteiger partial charge in [-0.2, -0.15) is 0 Å². The van der Waals surface area contributed by atoms with Gasteiger partial charge in [0.2, 0.25) is 5.91 Å². The summed E-state index contributed by atoms with van der Waals surface area (Å²) in [5, 5.41) is 60.6. The van der Waals surface area contributed by atoms with Crippen LogP contribution in [-0.4, -0.2) is 104 Å². The number of nitrogens with zero attached hydrogens (tertiary/aromatic N) is 1. The van der Waals surface area contributed by atoms with Gasteiger partial charge in [-0.1, -0.05) is 68.4 Å². The molecule has 56 heavy (non-hydrogen) atoms. The average molecular weight is 830 g/mol. The van der Waals surface area contributed by atoms with Crippen molar-refractivity contribution in [3.8, 4) is 21.6 Å². The van der Waals surface area contributed by atoms with Crippen LogP contribution < -0.4 is 5.32 Å². The van der Waals surface area contributed by atoms with Crippen molar-refractivity contribution in [3.05, 3.63) is 64.5 Å². The van der Waals surface area contributed by atoms with Gasteiger partial charge in [0.15, 0.2) is 0 Å². The average Bonchev–Trinajstić information content (AvgIpc) is 3.53. The molecule has 5 rings (SSSR count). The molecule has 0 bridgehead atoms. The lowest BCUT2D eigenvalue weighted by atomic mass is 9.78. The summed E-state index contributed by atoms with van der Waals surface area (Å²) < 4.78 is 5.70. The second-order valence-electron chi connectivity index (χ2n) is 16.1. The quantitative estimate of drug-likeness (QED) is 0.0679. The third-order valence-corrected chi connectivity index (χ3v) is 13.9. The van der Waals surface area contributed by atoms with Gasteiger partial charge in [0.1, 0.15) is 17.8 Å². The third-order valence-electron chi connectivity index (χ3n) is 11.4. The monoisotopic (exact) mass is 828 g/mol. The van der Waals surface area contributed by atoms with E-state index in [1.807, 2.05) is 48.2 Å². The number of ether oxygens (including phenoxy) is 1. The summed E-state index contributed by atoms with van der Waals surface area (Å²) in [6.45, 7) is 12.6. The van der Waals surface area contributed by atoms with Crippen LogP contribution in [0.15, 0.2) is 64.4 Å². The zero-order chi connectivity index (χ0) is 41.1. The number of hydrogen-bond acceptors (Lipinski definition) is 11. The number of thiophene rings is 1. The number of carbonyl (C=O) groups excluding carboxylic acids is 2. The number of halogens is 1. The van der Waals surface area contributed by atoms with Gasteiger partial charge >= 0.3 is 5.97 Å². The molecule has 306 valence electrons. The molecule has 6 N–H and O–H groups in total. The number of rotatable bonds is 7. The van der Waals surface area contributed by atoms with Crippen molar-refractivity contribution in [3.63, 3.8) is 0 Å². The molecule has 1 fully saturated rings. The number of hydrogen-bond donors (Lipinski definition) is 6. The van der Waals surface area contributed by atoms with E-state index in [2.05, 4.69) is 23.5 Å². The van der Waals surface area contributed by atoms with Crippen molar-refractivity contribution in [2.24, 2.45) is 17.8 Å². The number of nitrogens with one attached hydrogen (secondary N) is 1. The van der Waals surface area contributed by atoms with Crippen LogP contribution >= 0.6 is 34.7 Å². The Hall–Kier alpha value is -2.78. The van der Waals surface area contributed by atoms with E-state index in [1.165, 1.54) is 26.8 Å². The summed E-state index contributed by atoms with van der Waals surface area (Å²) in [6.07, 6.45) is -0.876. The van der Waals surface area contributed by atoms with Crippen LogP contribution in [-0.2, 0) is 14.3 Å². The number of carbonyl (C=O) groups is 2. The zero-order valence-corrected chi connectivity index (χ0v) is 35.6. The number of benzene rings is 2. The number of esters is 1. The molecule has 13 heteroatoms. The van der Waals surface area contributed by atoms with Gasteiger partial charge in [-0.05, 0) is 88.8 Å². The number of aliphatic hydroxyl groups excluding tert-OH is 3. The molecule has 2 aliphatic heterocycles. The maximum atomic E-state index is 13.2. The Morgan fingerprint density at radius 2 is 1.71 bits per heavy atom. The maximum absolute atomic E-state index is 13.2. The highest BCUT2D eigenvalue weighted by atomic mass is 35.5. The fourth-order valence-electron chi connectivity index (χ4n) is 8.11. The summed E-state index contributed by atoms with van der Waals surface area (Å²) >= 11 is 9.68. The fourth-order valence-corrected chi connectivity index (χ4v) is 10.7. The van der Waals surface area contributed by atoms with Crippen molar-refractivity contribution in [2.75, 3.05) is 19.6 Å². The fraction of sp³-hybridized carbons (Fsp3) is 0.535. The minimum absolute atomic E-state index is 0.161. The molecule has 3 heterocycles. The SMILES string of the molecule is CC[C@H]1OC(=O)[C@H](C)[C@@H](O)[C@H](C)[C@@H](O)[C@](C)(O)C[C@@H](C)CN(CCCNC(=O)C=Cc2cc3c(s2)-c2ccc(Cl)cc2Sc2ccccc2-3)[C@H](C)[C@@H](O)[C@]1(C)O. The maximum Gasteiger partial charge on any atom is 0.311 e. The van der Waals surface area contributed by atoms with Crippen LogP contribution in [0, 0.1) is 17.8 Å². The third kappa shape index (κ3) is 9.90. The molecule has 0 unspecified atom stereocenters. The minimum atomic E-state index is -1.85. The van der Waals surface area contributed by atoms with Crippen LogP contribution in [0.4, 0.5) is 0 Å². The van der Waals surface area contributed by atoms with Crippen molar-refractivity contribution in [1.29, 1.82) is 0 Å². The van der Waals surface area contributed by atoms with E-state index < -0.39 is 59.5 Å². The predicted octanol–water partition coefficient (Wildman–Crippen LogP) is 6.63. The molecule has 1 aromatic heterocycles. The van der Waals surface area contributed by atoms with E-state index >= 15 is 0 Å². The first kappa shape index (κ1) is 44.3. The second-order valence-corrected chi connectivity index (χ2v) is 18.7. The van der Waals surface area contributed by atoms with E-state index in [4.69, 9.17) is 16.3 Å². The van der Waals surface area contributed by atoms with Gasteiger partial charge in [-0.15, -0.1) is 11.3 Å². The van der Waals surface area contributed by atoms with Crippen molar-refractivity contribution in [2.45, 2.75) is 119 Å². The smallest absolute Gasteiger partial charge is 0.311 e. The molecule has 1 amide bonds. The summed E-state index contributed by atoms with van der Waals surface area (Å²) in [4.78, 5) is 32.5. The predicted molar refractivity (Wildman–Crippen MR) is 224 cm³/mol. The molecule has 2 aliphatic rings. The number of amides is 1. The van der Waals surface area contributed by atoms with Crippen LogP contribution in [0.25, 0.3) is 27.6 Å². The number of aliphatic hydroxyl groups is 5. The molecule has 0 radical (unpaired) electrons. The zero-order valence-electron chi connectivity index (χ0n) is 33.2. The van der Waals surface area contributed by atoms with Crippen LogP contribution in [0.5, 0.6) is 0 Å². The first-order chi connectivity index (χ1) is 26.3. The minimum Gasteiger partial charge on any atom is -0.459 e. The molecule has 0 aliphatic carbocycles. The highest BCUT2D eigenvalue weighted by Gasteiger charge is 2.47. The summed E-state index contributed by atoms with van der Waals surface area (Å²) in [5.41, 5.74) is -0.102. The molecule has 1 saturated heterocycles. The standard InChI is InChI=1S/C43H57ClN2O8S2/c1-8-35-43(7,53)40(50)27(5)46(23-24(2)22-42(6,52)39(49)25(3)37(48)26(4)41(51)54-35)19-11-18-45-36(47)17-15-29-21-32-30-12-9-10-13-33(30)56-34-20-28(44)14-16-31(34)38(32)55-29/h9-10,12-17,20-21,24-27,35,37,39-40,48-50,52-53H,8,11,18-19,22-23H2,1-7H3,(H,45,47)/t24-,25+,26-,27-,35-,37+,39-,40-,42-,43-/m1/s1. The Labute approximate surface area is 343 Å². The van der Waals surface area contributed by atoms with E-state index in [0.29, 0.717) is 31.1 Å². The highest BCUT2D eigenvalue weighted by Crippen LogP contribution is 2.51. The second kappa shape index (κ2) is 18.4. The highest BCUT2D eigenvalue weighted by molar-refractivity contribution is 7.99. The van der Waals surface area contributed by atoms with Gasteiger partial charge in [0.25, 0.3) is 0 Å². The number of fused-ring (bicyclic) bond motifs is 5. The van der Waals surface area contributed by atoms with Gasteiger partial charge < -0.3 is 35.6 Å². The lowest BCUT2D eigenvalue weighted by Crippen LogP contribution is -2.59. The summed E-state index contributed by atoms with van der Waals surface area (Å²) in [7, 11) is 0. The van der Waals surface area contributed by atoms with Crippen LogP contribution in [0.3, 0.4) is 0 Å². The van der Waals surface area contributed by atoms with E-state index in [0.717, 1.165) is 36.2 Å². The molecule has 3 aromatic rings. The normalized spacial score (nSPS) is 32.0. The van der Waals surface area contributed by atoms with E-state index in [-0.39, 0.29) is 24.7 Å². The van der Waals surface area contributed by atoms with Gasteiger partial charge in [0, 0.05) is 73.4 Å². The number of cyclic esters (lactones) is 1. The van der Waals surface area contributed by atoms with Crippen molar-refractivity contribution >= 4 is 52.7 Å². The first-order valence-corrected chi connectivity index (χ1v) is 21.5. The van der Waals surface area contributed by atoms with Crippen LogP contribution in [0.1, 0.15) is 72.6 Å². The molecule has 0 saturated carbocycles. The Bertz CT molecular complexity index is 1880.